The quantitative estimate of drug-likeness (QED) is 0.847. The number of aromatic nitrogens is 2. The Morgan fingerprint density at radius 1 is 1.29 bits per heavy atom. The summed E-state index contributed by atoms with van der Waals surface area (Å²) in [6.07, 6.45) is 2.16. The lowest BCUT2D eigenvalue weighted by Crippen LogP contribution is -2.21. The fourth-order valence-corrected chi connectivity index (χ4v) is 1.83. The highest BCUT2D eigenvalue weighted by Crippen LogP contribution is 2.13. The molecular weight excluding hydrogens is 214 g/mol. The molecule has 2 rings (SSSR count). The van der Waals surface area contributed by atoms with Crippen molar-refractivity contribution in [3.05, 3.63) is 30.5 Å². The van der Waals surface area contributed by atoms with E-state index in [0.29, 0.717) is 12.4 Å². The molecule has 0 saturated carbocycles. The molecule has 0 radical (unpaired) electrons. The van der Waals surface area contributed by atoms with E-state index in [2.05, 4.69) is 15.3 Å². The zero-order valence-corrected chi connectivity index (χ0v) is 10.1. The van der Waals surface area contributed by atoms with Gasteiger partial charge in [0.2, 0.25) is 5.95 Å². The average Bonchev–Trinajstić information content (AvgIpc) is 2.27. The van der Waals surface area contributed by atoms with Gasteiger partial charge in [-0.3, -0.25) is 0 Å². The van der Waals surface area contributed by atoms with Crippen LogP contribution >= 0.6 is 0 Å². The minimum Gasteiger partial charge on any atom is -0.393 e. The molecule has 0 aliphatic carbocycles. The number of aliphatic hydroxyl groups is 1. The Hall–Kier alpha value is -1.68. The second kappa shape index (κ2) is 5.10. The lowest BCUT2D eigenvalue weighted by atomic mass is 10.1. The number of nitrogens with one attached hydrogen (secondary N) is 1. The van der Waals surface area contributed by atoms with Crippen LogP contribution in [0.2, 0.25) is 0 Å². The van der Waals surface area contributed by atoms with Gasteiger partial charge in [0.25, 0.3) is 0 Å². The van der Waals surface area contributed by atoms with E-state index in [1.807, 2.05) is 31.2 Å². The molecule has 17 heavy (non-hydrogen) atoms. The van der Waals surface area contributed by atoms with Crippen molar-refractivity contribution in [3.8, 4) is 0 Å². The second-order valence-corrected chi connectivity index (χ2v) is 4.38. The number of hydrogen-bond acceptors (Lipinski definition) is 4. The van der Waals surface area contributed by atoms with E-state index in [1.54, 1.807) is 13.1 Å². The predicted octanol–water partition coefficient (Wildman–Crippen LogP) is 2.20. The van der Waals surface area contributed by atoms with Crippen LogP contribution in [0.25, 0.3) is 10.9 Å². The summed E-state index contributed by atoms with van der Waals surface area (Å²) in [5.41, 5.74) is 0.925. The Kier molecular flexibility index (Phi) is 3.54. The summed E-state index contributed by atoms with van der Waals surface area (Å²) < 4.78 is 0. The molecule has 2 unspecified atom stereocenters. The first kappa shape index (κ1) is 11.8. The van der Waals surface area contributed by atoms with Crippen LogP contribution in [-0.4, -0.2) is 27.2 Å². The van der Waals surface area contributed by atoms with Crippen LogP contribution in [0.1, 0.15) is 20.3 Å². The number of rotatable bonds is 4. The number of benzene rings is 1. The van der Waals surface area contributed by atoms with Gasteiger partial charge in [-0.15, -0.1) is 0 Å². The van der Waals surface area contributed by atoms with E-state index in [-0.39, 0.29) is 12.1 Å². The van der Waals surface area contributed by atoms with Crippen molar-refractivity contribution < 1.29 is 5.11 Å². The third-order valence-corrected chi connectivity index (χ3v) is 2.56. The molecule has 4 nitrogen and oxygen atoms in total. The molecule has 2 aromatic rings. The van der Waals surface area contributed by atoms with Gasteiger partial charge in [0.1, 0.15) is 0 Å². The highest BCUT2D eigenvalue weighted by molar-refractivity contribution is 5.78. The number of anilines is 1. The van der Waals surface area contributed by atoms with Crippen molar-refractivity contribution in [2.45, 2.75) is 32.4 Å². The molecule has 0 saturated heterocycles. The zero-order chi connectivity index (χ0) is 12.3. The molecule has 0 aliphatic heterocycles. The average molecular weight is 231 g/mol. The van der Waals surface area contributed by atoms with E-state index >= 15 is 0 Å². The summed E-state index contributed by atoms with van der Waals surface area (Å²) in [6, 6.07) is 8.02. The maximum Gasteiger partial charge on any atom is 0.223 e. The van der Waals surface area contributed by atoms with Crippen molar-refractivity contribution in [2.75, 3.05) is 5.32 Å². The van der Waals surface area contributed by atoms with E-state index < -0.39 is 0 Å². The van der Waals surface area contributed by atoms with Gasteiger partial charge in [-0.25, -0.2) is 9.97 Å². The van der Waals surface area contributed by atoms with Crippen LogP contribution in [0.15, 0.2) is 30.5 Å². The van der Waals surface area contributed by atoms with Crippen molar-refractivity contribution in [1.29, 1.82) is 0 Å². The van der Waals surface area contributed by atoms with E-state index in [1.165, 1.54) is 0 Å². The Bertz CT molecular complexity index is 499. The first-order chi connectivity index (χ1) is 8.15. The summed E-state index contributed by atoms with van der Waals surface area (Å²) in [5.74, 6) is 0.608. The monoisotopic (exact) mass is 231 g/mol. The molecule has 0 spiro atoms. The van der Waals surface area contributed by atoms with Crippen LogP contribution < -0.4 is 5.32 Å². The van der Waals surface area contributed by atoms with E-state index in [4.69, 9.17) is 0 Å². The van der Waals surface area contributed by atoms with E-state index in [9.17, 15) is 5.11 Å². The number of fused-ring (bicyclic) bond motifs is 1. The molecular formula is C13H17N3O. The van der Waals surface area contributed by atoms with Gasteiger partial charge >= 0.3 is 0 Å². The van der Waals surface area contributed by atoms with Gasteiger partial charge in [0.05, 0.1) is 11.6 Å². The van der Waals surface area contributed by atoms with Gasteiger partial charge < -0.3 is 10.4 Å². The smallest absolute Gasteiger partial charge is 0.223 e. The number of nitrogens with zero attached hydrogens (tertiary/aromatic N) is 2. The summed E-state index contributed by atoms with van der Waals surface area (Å²) in [4.78, 5) is 8.67. The highest BCUT2D eigenvalue weighted by atomic mass is 16.3. The molecule has 0 amide bonds. The molecule has 0 aliphatic rings. The summed E-state index contributed by atoms with van der Waals surface area (Å²) in [5, 5.41) is 13.5. The fraction of sp³-hybridized carbons (Fsp3) is 0.385. The van der Waals surface area contributed by atoms with Crippen molar-refractivity contribution in [1.82, 2.24) is 9.97 Å². The highest BCUT2D eigenvalue weighted by Gasteiger charge is 2.07. The van der Waals surface area contributed by atoms with Gasteiger partial charge in [-0.05, 0) is 26.3 Å². The summed E-state index contributed by atoms with van der Waals surface area (Å²) >= 11 is 0. The molecule has 1 aromatic heterocycles. The largest absolute Gasteiger partial charge is 0.393 e. The molecule has 0 bridgehead atoms. The third kappa shape index (κ3) is 3.14. The molecule has 4 heteroatoms. The van der Waals surface area contributed by atoms with Crippen LogP contribution in [0.3, 0.4) is 0 Å². The molecule has 2 N–H and O–H groups in total. The van der Waals surface area contributed by atoms with Crippen LogP contribution in [0, 0.1) is 0 Å². The molecule has 2 atom stereocenters. The van der Waals surface area contributed by atoms with Crippen molar-refractivity contribution in [3.63, 3.8) is 0 Å². The molecule has 1 aromatic carbocycles. The van der Waals surface area contributed by atoms with Crippen LogP contribution in [-0.2, 0) is 0 Å². The minimum absolute atomic E-state index is 0.149. The molecule has 1 heterocycles. The Morgan fingerprint density at radius 2 is 2.06 bits per heavy atom. The first-order valence-electron chi connectivity index (χ1n) is 5.81. The number of para-hydroxylation sites is 1. The normalized spacial score (nSPS) is 14.5. The Balaban J connectivity index is 2.14. The predicted molar refractivity (Wildman–Crippen MR) is 68.9 cm³/mol. The number of aliphatic hydroxyl groups excluding tert-OH is 1. The Labute approximate surface area is 101 Å². The fourth-order valence-electron chi connectivity index (χ4n) is 1.83. The lowest BCUT2D eigenvalue weighted by molar-refractivity contribution is 0.179. The lowest BCUT2D eigenvalue weighted by Gasteiger charge is -2.15. The van der Waals surface area contributed by atoms with Crippen LogP contribution in [0.4, 0.5) is 5.95 Å². The summed E-state index contributed by atoms with van der Waals surface area (Å²) in [6.45, 7) is 3.78. The zero-order valence-electron chi connectivity index (χ0n) is 10.1. The van der Waals surface area contributed by atoms with Gasteiger partial charge in [-0.2, -0.15) is 0 Å². The van der Waals surface area contributed by atoms with Crippen LogP contribution in [0.5, 0.6) is 0 Å². The van der Waals surface area contributed by atoms with Gasteiger partial charge in [-0.1, -0.05) is 18.2 Å². The first-order valence-corrected chi connectivity index (χ1v) is 5.81. The number of hydrogen-bond donors (Lipinski definition) is 2. The maximum atomic E-state index is 9.29. The molecule has 90 valence electrons. The SMILES string of the molecule is CC(O)CC(C)Nc1ncc2ccccc2n1. The second-order valence-electron chi connectivity index (χ2n) is 4.38. The topological polar surface area (TPSA) is 58.0 Å². The van der Waals surface area contributed by atoms with Crippen molar-refractivity contribution in [2.24, 2.45) is 0 Å². The van der Waals surface area contributed by atoms with Gasteiger partial charge in [0.15, 0.2) is 0 Å². The van der Waals surface area contributed by atoms with E-state index in [0.717, 1.165) is 10.9 Å². The van der Waals surface area contributed by atoms with Gasteiger partial charge in [0, 0.05) is 17.6 Å². The Morgan fingerprint density at radius 3 is 2.82 bits per heavy atom. The molecule has 0 fully saturated rings. The third-order valence-electron chi connectivity index (χ3n) is 2.56. The minimum atomic E-state index is -0.321. The summed E-state index contributed by atoms with van der Waals surface area (Å²) in [7, 11) is 0. The van der Waals surface area contributed by atoms with Crippen molar-refractivity contribution >= 4 is 16.9 Å². The standard InChI is InChI=1S/C13H17N3O/c1-9(7-10(2)17)15-13-14-8-11-5-3-4-6-12(11)16-13/h3-6,8-10,17H,7H2,1-2H3,(H,14,15,16). The maximum absolute atomic E-state index is 9.29.